The van der Waals surface area contributed by atoms with E-state index in [1.54, 1.807) is 18.3 Å². The third-order valence-corrected chi connectivity index (χ3v) is 3.22. The number of nitrogens with two attached hydrogens (primary N) is 1. The van der Waals surface area contributed by atoms with Crippen LogP contribution < -0.4 is 15.8 Å². The highest BCUT2D eigenvalue weighted by Crippen LogP contribution is 2.43. The number of nitrogens with one attached hydrogen (secondary N) is 1. The van der Waals surface area contributed by atoms with Crippen LogP contribution in [0.3, 0.4) is 0 Å². The van der Waals surface area contributed by atoms with E-state index < -0.39 is 0 Å². The molecule has 0 spiro atoms. The van der Waals surface area contributed by atoms with Crippen molar-refractivity contribution in [2.75, 3.05) is 20.2 Å². The Morgan fingerprint density at radius 3 is 3.00 bits per heavy atom. The Morgan fingerprint density at radius 1 is 1.65 bits per heavy atom. The van der Waals surface area contributed by atoms with Crippen LogP contribution in [0.25, 0.3) is 0 Å². The molecule has 92 valence electrons. The Bertz CT molecular complexity index is 416. The number of nitrogens with zero attached hydrogens (tertiary/aromatic N) is 1. The number of aromatic nitrogens is 1. The lowest BCUT2D eigenvalue weighted by Gasteiger charge is -2.14. The van der Waals surface area contributed by atoms with Crippen LogP contribution in [0.1, 0.15) is 23.2 Å². The van der Waals surface area contributed by atoms with E-state index in [1.807, 2.05) is 0 Å². The lowest BCUT2D eigenvalue weighted by Crippen LogP contribution is -2.34. The molecule has 17 heavy (non-hydrogen) atoms. The standard InChI is InChI=1S/C12H17N3O2/c1-17-11-9(3-2-6-14-11)10(16)15-8-12(7-13)4-5-12/h2-3,6H,4-5,7-8,13H2,1H3,(H,15,16). The molecule has 0 saturated heterocycles. The van der Waals surface area contributed by atoms with Gasteiger partial charge in [-0.2, -0.15) is 0 Å². The van der Waals surface area contributed by atoms with Gasteiger partial charge in [-0.15, -0.1) is 0 Å². The van der Waals surface area contributed by atoms with Gasteiger partial charge in [-0.1, -0.05) is 0 Å². The van der Waals surface area contributed by atoms with Crippen LogP contribution in [-0.4, -0.2) is 31.1 Å². The summed E-state index contributed by atoms with van der Waals surface area (Å²) < 4.78 is 5.04. The molecular weight excluding hydrogens is 218 g/mol. The van der Waals surface area contributed by atoms with Gasteiger partial charge < -0.3 is 15.8 Å². The number of carbonyl (C=O) groups is 1. The first-order valence-electron chi connectivity index (χ1n) is 5.68. The molecular formula is C12H17N3O2. The zero-order valence-corrected chi connectivity index (χ0v) is 9.90. The lowest BCUT2D eigenvalue weighted by molar-refractivity contribution is 0.0941. The highest BCUT2D eigenvalue weighted by Gasteiger charge is 2.41. The van der Waals surface area contributed by atoms with E-state index in [4.69, 9.17) is 10.5 Å². The predicted molar refractivity (Wildman–Crippen MR) is 63.8 cm³/mol. The number of pyridine rings is 1. The number of hydrogen-bond acceptors (Lipinski definition) is 4. The molecule has 3 N–H and O–H groups in total. The Balaban J connectivity index is 1.99. The molecule has 0 atom stereocenters. The van der Waals surface area contributed by atoms with Gasteiger partial charge in [-0.3, -0.25) is 4.79 Å². The van der Waals surface area contributed by atoms with E-state index >= 15 is 0 Å². The SMILES string of the molecule is COc1ncccc1C(=O)NCC1(CN)CC1. The van der Waals surface area contributed by atoms with Gasteiger partial charge in [0.1, 0.15) is 5.56 Å². The van der Waals surface area contributed by atoms with Crippen molar-refractivity contribution >= 4 is 5.91 Å². The van der Waals surface area contributed by atoms with Gasteiger partial charge in [-0.25, -0.2) is 4.98 Å². The fourth-order valence-corrected chi connectivity index (χ4v) is 1.72. The molecule has 1 aliphatic rings. The zero-order chi connectivity index (χ0) is 12.3. The Morgan fingerprint density at radius 2 is 2.41 bits per heavy atom. The van der Waals surface area contributed by atoms with Gasteiger partial charge in [0.05, 0.1) is 7.11 Å². The van der Waals surface area contributed by atoms with Crippen molar-refractivity contribution in [1.29, 1.82) is 0 Å². The van der Waals surface area contributed by atoms with Crippen LogP contribution in [-0.2, 0) is 0 Å². The first kappa shape index (κ1) is 11.9. The van der Waals surface area contributed by atoms with E-state index in [-0.39, 0.29) is 11.3 Å². The molecule has 0 unspecified atom stereocenters. The van der Waals surface area contributed by atoms with Crippen LogP contribution in [0.2, 0.25) is 0 Å². The van der Waals surface area contributed by atoms with Gasteiger partial charge in [0, 0.05) is 18.2 Å². The van der Waals surface area contributed by atoms with Crippen molar-refractivity contribution in [3.63, 3.8) is 0 Å². The molecule has 1 fully saturated rings. The highest BCUT2D eigenvalue weighted by molar-refractivity contribution is 5.96. The molecule has 1 heterocycles. The van der Waals surface area contributed by atoms with Crippen LogP contribution >= 0.6 is 0 Å². The maximum Gasteiger partial charge on any atom is 0.256 e. The molecule has 0 aromatic carbocycles. The van der Waals surface area contributed by atoms with Crippen LogP contribution in [0.4, 0.5) is 0 Å². The maximum absolute atomic E-state index is 11.9. The second kappa shape index (κ2) is 4.71. The Kier molecular flexibility index (Phi) is 3.28. The van der Waals surface area contributed by atoms with Gasteiger partial charge in [0.2, 0.25) is 5.88 Å². The average molecular weight is 235 g/mol. The number of carbonyl (C=O) groups excluding carboxylic acids is 1. The minimum absolute atomic E-state index is 0.130. The van der Waals surface area contributed by atoms with Crippen molar-refractivity contribution < 1.29 is 9.53 Å². The zero-order valence-electron chi connectivity index (χ0n) is 9.90. The normalized spacial score (nSPS) is 16.4. The van der Waals surface area contributed by atoms with Crippen molar-refractivity contribution in [3.05, 3.63) is 23.9 Å². The smallest absolute Gasteiger partial charge is 0.256 e. The summed E-state index contributed by atoms with van der Waals surface area (Å²) in [5.41, 5.74) is 6.25. The second-order valence-corrected chi connectivity index (χ2v) is 4.45. The molecule has 5 nitrogen and oxygen atoms in total. The number of rotatable bonds is 5. The number of methoxy groups -OCH3 is 1. The maximum atomic E-state index is 11.9. The van der Waals surface area contributed by atoms with Gasteiger partial charge in [0.15, 0.2) is 0 Å². The Hall–Kier alpha value is -1.62. The topological polar surface area (TPSA) is 77.2 Å². The predicted octanol–water partition coefficient (Wildman–Crippen LogP) is 0.559. The van der Waals surface area contributed by atoms with Crippen molar-refractivity contribution in [1.82, 2.24) is 10.3 Å². The first-order valence-corrected chi connectivity index (χ1v) is 5.68. The van der Waals surface area contributed by atoms with Crippen molar-refractivity contribution in [2.45, 2.75) is 12.8 Å². The highest BCUT2D eigenvalue weighted by atomic mass is 16.5. The molecule has 2 rings (SSSR count). The van der Waals surface area contributed by atoms with E-state index in [1.165, 1.54) is 7.11 Å². The van der Waals surface area contributed by atoms with Crippen molar-refractivity contribution in [2.24, 2.45) is 11.1 Å². The summed E-state index contributed by atoms with van der Waals surface area (Å²) in [4.78, 5) is 15.9. The Labute approximate surface area is 100 Å². The summed E-state index contributed by atoms with van der Waals surface area (Å²) >= 11 is 0. The summed E-state index contributed by atoms with van der Waals surface area (Å²) in [5, 5.41) is 2.89. The minimum Gasteiger partial charge on any atom is -0.480 e. The molecule has 1 aliphatic carbocycles. The monoisotopic (exact) mass is 235 g/mol. The molecule has 1 amide bonds. The molecule has 0 aliphatic heterocycles. The average Bonchev–Trinajstić information content (AvgIpc) is 3.16. The van der Waals surface area contributed by atoms with Crippen LogP contribution in [0, 0.1) is 5.41 Å². The van der Waals surface area contributed by atoms with Crippen LogP contribution in [0.15, 0.2) is 18.3 Å². The van der Waals surface area contributed by atoms with E-state index in [2.05, 4.69) is 10.3 Å². The van der Waals surface area contributed by atoms with Crippen LogP contribution in [0.5, 0.6) is 5.88 Å². The molecule has 1 aromatic rings. The summed E-state index contributed by atoms with van der Waals surface area (Å²) in [6.07, 6.45) is 3.78. The van der Waals surface area contributed by atoms with E-state index in [0.717, 1.165) is 12.8 Å². The second-order valence-electron chi connectivity index (χ2n) is 4.45. The first-order chi connectivity index (χ1) is 8.21. The molecule has 1 aromatic heterocycles. The van der Waals surface area contributed by atoms with Gasteiger partial charge in [-0.05, 0) is 31.5 Å². The number of ether oxygens (including phenoxy) is 1. The molecule has 0 bridgehead atoms. The van der Waals surface area contributed by atoms with Crippen molar-refractivity contribution in [3.8, 4) is 5.88 Å². The van der Waals surface area contributed by atoms with E-state index in [9.17, 15) is 4.79 Å². The van der Waals surface area contributed by atoms with E-state index in [0.29, 0.717) is 24.5 Å². The summed E-state index contributed by atoms with van der Waals surface area (Å²) in [6.45, 7) is 1.25. The largest absolute Gasteiger partial charge is 0.480 e. The molecule has 0 radical (unpaired) electrons. The summed E-state index contributed by atoms with van der Waals surface area (Å²) in [5.74, 6) is 0.192. The number of amides is 1. The fourth-order valence-electron chi connectivity index (χ4n) is 1.72. The summed E-state index contributed by atoms with van der Waals surface area (Å²) in [7, 11) is 1.50. The summed E-state index contributed by atoms with van der Waals surface area (Å²) in [6, 6.07) is 3.41. The van der Waals surface area contributed by atoms with Gasteiger partial charge in [0.25, 0.3) is 5.91 Å². The fraction of sp³-hybridized carbons (Fsp3) is 0.500. The number of hydrogen-bond donors (Lipinski definition) is 2. The molecule has 5 heteroatoms. The lowest BCUT2D eigenvalue weighted by atomic mass is 10.1. The quantitative estimate of drug-likeness (QED) is 0.781. The minimum atomic E-state index is -0.158. The van der Waals surface area contributed by atoms with Gasteiger partial charge >= 0.3 is 0 Å². The third-order valence-electron chi connectivity index (χ3n) is 3.22. The molecule has 1 saturated carbocycles. The third kappa shape index (κ3) is 2.55.